The highest BCUT2D eigenvalue weighted by molar-refractivity contribution is 5.85. The normalized spacial score (nSPS) is 17.2. The van der Waals surface area contributed by atoms with Gasteiger partial charge in [0.05, 0.1) is 18.2 Å². The summed E-state index contributed by atoms with van der Waals surface area (Å²) in [4.78, 5) is 4.58. The molecule has 1 aromatic carbocycles. The lowest BCUT2D eigenvalue weighted by Crippen LogP contribution is -2.20. The largest absolute Gasteiger partial charge is 0.379 e. The van der Waals surface area contributed by atoms with E-state index in [4.69, 9.17) is 4.74 Å². The third kappa shape index (κ3) is 2.64. The van der Waals surface area contributed by atoms with Crippen LogP contribution < -0.4 is 10.6 Å². The Labute approximate surface area is 151 Å². The Morgan fingerprint density at radius 3 is 3.15 bits per heavy atom. The van der Waals surface area contributed by atoms with Gasteiger partial charge in [0, 0.05) is 24.8 Å². The van der Waals surface area contributed by atoms with Crippen molar-refractivity contribution < 1.29 is 6.16 Å². The topological polar surface area (TPSA) is 92.2 Å². The highest BCUT2D eigenvalue weighted by atomic mass is 16.5. The molecular formula is C18H21N7O. The minimum Gasteiger partial charge on any atom is -0.379 e. The highest BCUT2D eigenvalue weighted by Gasteiger charge is 2.17. The number of hydrogen-bond donors (Lipinski definition) is 3. The number of pyridine rings is 1. The number of rotatable bonds is 4. The molecule has 0 unspecified atom stereocenters. The minimum atomic E-state index is 0. The van der Waals surface area contributed by atoms with Crippen LogP contribution in [0.3, 0.4) is 0 Å². The van der Waals surface area contributed by atoms with E-state index < -0.39 is 0 Å². The van der Waals surface area contributed by atoms with Crippen LogP contribution in [-0.2, 0) is 4.74 Å². The zero-order valence-corrected chi connectivity index (χ0v) is 14.4. The van der Waals surface area contributed by atoms with Crippen LogP contribution in [0.4, 0.5) is 17.5 Å². The molecule has 26 heavy (non-hydrogen) atoms. The predicted octanol–water partition coefficient (Wildman–Crippen LogP) is 3.10. The average Bonchev–Trinajstić information content (AvgIpc) is 3.36. The zero-order valence-electron chi connectivity index (χ0n) is 14.4. The fraction of sp³-hybridized carbons (Fsp3) is 0.278. The van der Waals surface area contributed by atoms with Crippen LogP contribution in [0.2, 0.25) is 0 Å². The van der Waals surface area contributed by atoms with Crippen molar-refractivity contribution in [1.82, 2.24) is 24.8 Å². The van der Waals surface area contributed by atoms with Crippen molar-refractivity contribution in [2.45, 2.75) is 19.4 Å². The molecule has 3 N–H and O–H groups in total. The Balaban J connectivity index is 0.00000180. The molecule has 1 saturated heterocycles. The fourth-order valence-corrected chi connectivity index (χ4v) is 3.27. The molecule has 1 aliphatic rings. The SMILES string of the molecule is Cc1[nH]nc2ccc(Nc3nc4cccc(N[C@@H]5CCOC5)n4n3)cc12.[HH]. The first-order valence-corrected chi connectivity index (χ1v) is 8.68. The van der Waals surface area contributed by atoms with E-state index in [1.807, 2.05) is 41.8 Å². The van der Waals surface area contributed by atoms with Crippen LogP contribution in [0.5, 0.6) is 0 Å². The third-order valence-electron chi connectivity index (χ3n) is 4.64. The van der Waals surface area contributed by atoms with E-state index in [2.05, 4.69) is 37.0 Å². The quantitative estimate of drug-likeness (QED) is 0.523. The molecule has 0 bridgehead atoms. The second-order valence-electron chi connectivity index (χ2n) is 6.53. The molecule has 8 heteroatoms. The number of ether oxygens (including phenoxy) is 1. The summed E-state index contributed by atoms with van der Waals surface area (Å²) < 4.78 is 7.26. The maximum absolute atomic E-state index is 5.44. The highest BCUT2D eigenvalue weighted by Crippen LogP contribution is 2.23. The zero-order chi connectivity index (χ0) is 17.5. The molecule has 0 saturated carbocycles. The van der Waals surface area contributed by atoms with E-state index in [9.17, 15) is 0 Å². The van der Waals surface area contributed by atoms with Gasteiger partial charge in [-0.05, 0) is 43.7 Å². The first-order valence-electron chi connectivity index (χ1n) is 8.68. The summed E-state index contributed by atoms with van der Waals surface area (Å²) in [6.07, 6.45) is 1.00. The van der Waals surface area contributed by atoms with Crippen molar-refractivity contribution in [2.24, 2.45) is 0 Å². The van der Waals surface area contributed by atoms with Crippen LogP contribution in [0.15, 0.2) is 36.4 Å². The number of aromatic nitrogens is 5. The number of fused-ring (bicyclic) bond motifs is 2. The van der Waals surface area contributed by atoms with Gasteiger partial charge in [-0.2, -0.15) is 14.6 Å². The smallest absolute Gasteiger partial charge is 0.247 e. The first kappa shape index (κ1) is 15.2. The number of benzene rings is 1. The van der Waals surface area contributed by atoms with Gasteiger partial charge in [0.1, 0.15) is 5.82 Å². The summed E-state index contributed by atoms with van der Waals surface area (Å²) in [6, 6.07) is 12.2. The molecule has 0 amide bonds. The van der Waals surface area contributed by atoms with Gasteiger partial charge in [0.15, 0.2) is 5.65 Å². The number of H-pyrrole nitrogens is 1. The van der Waals surface area contributed by atoms with Crippen LogP contribution >= 0.6 is 0 Å². The van der Waals surface area contributed by atoms with Crippen LogP contribution in [0.25, 0.3) is 16.6 Å². The number of anilines is 3. The second-order valence-corrected chi connectivity index (χ2v) is 6.53. The Bertz CT molecular complexity index is 1080. The van der Waals surface area contributed by atoms with Gasteiger partial charge < -0.3 is 15.4 Å². The Kier molecular flexibility index (Phi) is 3.49. The van der Waals surface area contributed by atoms with E-state index in [-0.39, 0.29) is 1.43 Å². The number of hydrogen-bond acceptors (Lipinski definition) is 6. The lowest BCUT2D eigenvalue weighted by Gasteiger charge is -2.12. The molecular weight excluding hydrogens is 330 g/mol. The average molecular weight is 351 g/mol. The lowest BCUT2D eigenvalue weighted by atomic mass is 10.2. The third-order valence-corrected chi connectivity index (χ3v) is 4.64. The fourth-order valence-electron chi connectivity index (χ4n) is 3.27. The summed E-state index contributed by atoms with van der Waals surface area (Å²) in [5.74, 6) is 1.47. The Morgan fingerprint density at radius 1 is 1.31 bits per heavy atom. The van der Waals surface area contributed by atoms with Crippen LogP contribution in [0.1, 0.15) is 13.5 Å². The molecule has 4 aromatic rings. The minimum absolute atomic E-state index is 0. The van der Waals surface area contributed by atoms with Gasteiger partial charge in [-0.15, -0.1) is 5.10 Å². The van der Waals surface area contributed by atoms with Gasteiger partial charge in [-0.25, -0.2) is 0 Å². The molecule has 1 fully saturated rings. The molecule has 0 radical (unpaired) electrons. The Morgan fingerprint density at radius 2 is 2.27 bits per heavy atom. The van der Waals surface area contributed by atoms with Gasteiger partial charge in [-0.1, -0.05) is 6.07 Å². The molecule has 8 nitrogen and oxygen atoms in total. The number of aryl methyl sites for hydroxylation is 1. The molecule has 0 spiro atoms. The van der Waals surface area contributed by atoms with Crippen molar-refractivity contribution in [1.29, 1.82) is 0 Å². The number of nitrogens with zero attached hydrogens (tertiary/aromatic N) is 4. The van der Waals surface area contributed by atoms with Crippen LogP contribution in [0, 0.1) is 6.92 Å². The second kappa shape index (κ2) is 5.99. The van der Waals surface area contributed by atoms with Gasteiger partial charge >= 0.3 is 0 Å². The van der Waals surface area contributed by atoms with E-state index in [1.165, 1.54) is 0 Å². The molecule has 3 aromatic heterocycles. The lowest BCUT2D eigenvalue weighted by molar-refractivity contribution is 0.195. The maximum atomic E-state index is 5.44. The van der Waals surface area contributed by atoms with Crippen molar-refractivity contribution >= 4 is 34.0 Å². The van der Waals surface area contributed by atoms with E-state index >= 15 is 0 Å². The van der Waals surface area contributed by atoms with E-state index in [1.54, 1.807) is 0 Å². The maximum Gasteiger partial charge on any atom is 0.247 e. The van der Waals surface area contributed by atoms with Crippen molar-refractivity contribution in [3.8, 4) is 0 Å². The predicted molar refractivity (Wildman–Crippen MR) is 102 cm³/mol. The standard InChI is InChI=1S/C18H19N7O.H2/c1-11-14-9-12(5-6-15(14)23-22-11)20-18-21-17-4-2-3-16(25(17)24-18)19-13-7-8-26-10-13;/h2-6,9,13,19H,7-8,10H2,1H3,(H,20,24)(H,22,23);1H/t13-;/m1./s1. The van der Waals surface area contributed by atoms with Crippen molar-refractivity contribution in [2.75, 3.05) is 23.8 Å². The van der Waals surface area contributed by atoms with Gasteiger partial charge in [0.25, 0.3) is 0 Å². The summed E-state index contributed by atoms with van der Waals surface area (Å²) >= 11 is 0. The molecule has 134 valence electrons. The Hall–Kier alpha value is -3.13. The van der Waals surface area contributed by atoms with Crippen LogP contribution in [-0.4, -0.2) is 44.1 Å². The molecule has 1 atom stereocenters. The van der Waals surface area contributed by atoms with Crippen molar-refractivity contribution in [3.05, 3.63) is 42.1 Å². The van der Waals surface area contributed by atoms with E-state index in [0.29, 0.717) is 12.0 Å². The summed E-state index contributed by atoms with van der Waals surface area (Å²) in [6.45, 7) is 3.53. The van der Waals surface area contributed by atoms with Gasteiger partial charge in [-0.3, -0.25) is 5.10 Å². The number of nitrogens with one attached hydrogen (secondary N) is 3. The summed E-state index contributed by atoms with van der Waals surface area (Å²) in [5.41, 5.74) is 3.70. The van der Waals surface area contributed by atoms with E-state index in [0.717, 1.165) is 53.4 Å². The summed E-state index contributed by atoms with van der Waals surface area (Å²) in [7, 11) is 0. The monoisotopic (exact) mass is 351 g/mol. The van der Waals surface area contributed by atoms with Gasteiger partial charge in [0.2, 0.25) is 5.95 Å². The first-order chi connectivity index (χ1) is 12.8. The number of aromatic amines is 1. The molecule has 5 rings (SSSR count). The summed E-state index contributed by atoms with van der Waals surface area (Å²) in [5, 5.41) is 19.7. The molecule has 4 heterocycles. The molecule has 1 aliphatic heterocycles. The molecule has 0 aliphatic carbocycles. The van der Waals surface area contributed by atoms with Crippen molar-refractivity contribution in [3.63, 3.8) is 0 Å².